The first-order valence-electron chi connectivity index (χ1n) is 4.61. The molecule has 0 aromatic carbocycles. The van der Waals surface area contributed by atoms with Crippen molar-refractivity contribution < 1.29 is 9.53 Å². The van der Waals surface area contributed by atoms with E-state index >= 15 is 0 Å². The van der Waals surface area contributed by atoms with Crippen LogP contribution in [0.25, 0.3) is 0 Å². The Balaban J connectivity index is 2.13. The van der Waals surface area contributed by atoms with Gasteiger partial charge in [-0.2, -0.15) is 0 Å². The molecule has 4 nitrogen and oxygen atoms in total. The van der Waals surface area contributed by atoms with Crippen molar-refractivity contribution in [2.75, 3.05) is 13.7 Å². The van der Waals surface area contributed by atoms with Gasteiger partial charge in [-0.05, 0) is 11.6 Å². The first kappa shape index (κ1) is 10.8. The molecule has 1 heterocycles. The van der Waals surface area contributed by atoms with Gasteiger partial charge in [-0.15, -0.1) is 0 Å². The number of aryl methyl sites for hydroxylation is 1. The summed E-state index contributed by atoms with van der Waals surface area (Å²) in [6, 6.07) is 2.05. The highest BCUT2D eigenvalue weighted by Crippen LogP contribution is 1.98. The Morgan fingerprint density at radius 3 is 3.00 bits per heavy atom. The van der Waals surface area contributed by atoms with E-state index < -0.39 is 0 Å². The minimum absolute atomic E-state index is 0.175. The van der Waals surface area contributed by atoms with Crippen molar-refractivity contribution >= 4 is 5.97 Å². The highest BCUT2D eigenvalue weighted by Gasteiger charge is 1.99. The molecule has 1 rings (SSSR count). The Hall–Kier alpha value is -1.29. The second kappa shape index (κ2) is 5.44. The molecule has 1 N–H and O–H groups in total. The number of ether oxygens (including phenoxy) is 1. The average molecular weight is 196 g/mol. The van der Waals surface area contributed by atoms with E-state index in [2.05, 4.69) is 10.1 Å². The summed E-state index contributed by atoms with van der Waals surface area (Å²) in [4.78, 5) is 10.8. The number of aromatic nitrogens is 1. The molecule has 0 saturated carbocycles. The zero-order valence-corrected chi connectivity index (χ0v) is 8.62. The lowest BCUT2D eigenvalue weighted by atomic mass is 10.3. The van der Waals surface area contributed by atoms with Gasteiger partial charge in [-0.1, -0.05) is 0 Å². The summed E-state index contributed by atoms with van der Waals surface area (Å²) in [7, 11) is 3.39. The highest BCUT2D eigenvalue weighted by atomic mass is 16.5. The second-order valence-corrected chi connectivity index (χ2v) is 3.19. The van der Waals surface area contributed by atoms with E-state index in [1.54, 1.807) is 0 Å². The molecule has 1 aromatic rings. The Morgan fingerprint density at radius 1 is 1.64 bits per heavy atom. The van der Waals surface area contributed by atoms with Gasteiger partial charge in [0.05, 0.1) is 13.5 Å². The summed E-state index contributed by atoms with van der Waals surface area (Å²) in [6.45, 7) is 1.44. The van der Waals surface area contributed by atoms with E-state index in [1.807, 2.05) is 30.1 Å². The van der Waals surface area contributed by atoms with Crippen LogP contribution in [0.1, 0.15) is 12.0 Å². The second-order valence-electron chi connectivity index (χ2n) is 3.19. The fourth-order valence-corrected chi connectivity index (χ4v) is 1.19. The van der Waals surface area contributed by atoms with Gasteiger partial charge < -0.3 is 14.6 Å². The molecule has 1 aromatic heterocycles. The van der Waals surface area contributed by atoms with E-state index in [-0.39, 0.29) is 5.97 Å². The fourth-order valence-electron chi connectivity index (χ4n) is 1.19. The molecule has 4 heteroatoms. The monoisotopic (exact) mass is 196 g/mol. The molecule has 0 saturated heterocycles. The number of nitrogens with one attached hydrogen (secondary N) is 1. The summed E-state index contributed by atoms with van der Waals surface area (Å²) in [5, 5.41) is 3.17. The van der Waals surface area contributed by atoms with E-state index in [4.69, 9.17) is 0 Å². The van der Waals surface area contributed by atoms with Gasteiger partial charge in [0.15, 0.2) is 0 Å². The van der Waals surface area contributed by atoms with Gasteiger partial charge >= 0.3 is 5.97 Å². The van der Waals surface area contributed by atoms with E-state index in [9.17, 15) is 4.79 Å². The Bertz CT molecular complexity index is 294. The van der Waals surface area contributed by atoms with Crippen molar-refractivity contribution in [1.82, 2.24) is 9.88 Å². The van der Waals surface area contributed by atoms with Gasteiger partial charge in [0.2, 0.25) is 0 Å². The fraction of sp³-hybridized carbons (Fsp3) is 0.500. The highest BCUT2D eigenvalue weighted by molar-refractivity contribution is 5.69. The third-order valence-electron chi connectivity index (χ3n) is 1.96. The Labute approximate surface area is 83.9 Å². The number of nitrogens with zero attached hydrogens (tertiary/aromatic N) is 1. The van der Waals surface area contributed by atoms with Crippen LogP contribution >= 0.6 is 0 Å². The van der Waals surface area contributed by atoms with Gasteiger partial charge in [-0.25, -0.2) is 0 Å². The third-order valence-corrected chi connectivity index (χ3v) is 1.96. The number of methoxy groups -OCH3 is 1. The summed E-state index contributed by atoms with van der Waals surface area (Å²) >= 11 is 0. The summed E-state index contributed by atoms with van der Waals surface area (Å²) < 4.78 is 6.52. The lowest BCUT2D eigenvalue weighted by Gasteiger charge is -2.01. The van der Waals surface area contributed by atoms with Crippen LogP contribution in [0, 0.1) is 0 Å². The lowest BCUT2D eigenvalue weighted by Crippen LogP contribution is -2.18. The first-order chi connectivity index (χ1) is 6.72. The molecule has 0 spiro atoms. The maximum atomic E-state index is 10.8. The standard InChI is InChI=1S/C10H16N2O2/c1-12-6-4-9(8-12)7-11-5-3-10(13)14-2/h4,6,8,11H,3,5,7H2,1-2H3. The van der Waals surface area contributed by atoms with E-state index in [0.717, 1.165) is 6.54 Å². The van der Waals surface area contributed by atoms with Crippen molar-refractivity contribution in [2.24, 2.45) is 7.05 Å². The minimum atomic E-state index is -0.175. The minimum Gasteiger partial charge on any atom is -0.469 e. The quantitative estimate of drug-likeness (QED) is 0.556. The summed E-state index contributed by atoms with van der Waals surface area (Å²) in [6.07, 6.45) is 4.46. The van der Waals surface area contributed by atoms with Crippen LogP contribution in [-0.2, 0) is 23.1 Å². The van der Waals surface area contributed by atoms with Crippen LogP contribution in [0.4, 0.5) is 0 Å². The molecule has 0 aliphatic heterocycles. The third kappa shape index (κ3) is 3.62. The molecular formula is C10H16N2O2. The van der Waals surface area contributed by atoms with Crippen molar-refractivity contribution in [2.45, 2.75) is 13.0 Å². The molecular weight excluding hydrogens is 180 g/mol. The van der Waals surface area contributed by atoms with Crippen LogP contribution in [0.3, 0.4) is 0 Å². The maximum Gasteiger partial charge on any atom is 0.306 e. The van der Waals surface area contributed by atoms with Gasteiger partial charge in [0.25, 0.3) is 0 Å². The molecule has 0 unspecified atom stereocenters. The largest absolute Gasteiger partial charge is 0.469 e. The predicted molar refractivity (Wildman–Crippen MR) is 53.8 cm³/mol. The van der Waals surface area contributed by atoms with Crippen LogP contribution in [0.15, 0.2) is 18.5 Å². The Morgan fingerprint density at radius 2 is 2.43 bits per heavy atom. The van der Waals surface area contributed by atoms with E-state index in [0.29, 0.717) is 13.0 Å². The zero-order chi connectivity index (χ0) is 10.4. The molecule has 0 fully saturated rings. The molecule has 14 heavy (non-hydrogen) atoms. The van der Waals surface area contributed by atoms with Crippen LogP contribution < -0.4 is 5.32 Å². The van der Waals surface area contributed by atoms with Gasteiger partial charge in [0.1, 0.15) is 0 Å². The van der Waals surface area contributed by atoms with Gasteiger partial charge in [0, 0.05) is 32.5 Å². The number of rotatable bonds is 5. The number of carbonyl (C=O) groups is 1. The first-order valence-corrected chi connectivity index (χ1v) is 4.61. The molecule has 0 amide bonds. The van der Waals surface area contributed by atoms with Crippen LogP contribution in [0.5, 0.6) is 0 Å². The van der Waals surface area contributed by atoms with E-state index in [1.165, 1.54) is 12.7 Å². The van der Waals surface area contributed by atoms with Crippen molar-refractivity contribution in [3.05, 3.63) is 24.0 Å². The van der Waals surface area contributed by atoms with Crippen molar-refractivity contribution in [3.63, 3.8) is 0 Å². The molecule has 0 atom stereocenters. The number of hydrogen-bond acceptors (Lipinski definition) is 3. The summed E-state index contributed by atoms with van der Waals surface area (Å²) in [5.74, 6) is -0.175. The molecule has 0 aliphatic rings. The van der Waals surface area contributed by atoms with Crippen molar-refractivity contribution in [1.29, 1.82) is 0 Å². The van der Waals surface area contributed by atoms with Crippen molar-refractivity contribution in [3.8, 4) is 0 Å². The van der Waals surface area contributed by atoms with Crippen LogP contribution in [0.2, 0.25) is 0 Å². The smallest absolute Gasteiger partial charge is 0.306 e. The SMILES string of the molecule is COC(=O)CCNCc1ccn(C)c1. The summed E-state index contributed by atoms with van der Waals surface area (Å²) in [5.41, 5.74) is 1.22. The number of esters is 1. The topological polar surface area (TPSA) is 43.3 Å². The maximum absolute atomic E-state index is 10.8. The molecule has 78 valence electrons. The molecule has 0 radical (unpaired) electrons. The van der Waals surface area contributed by atoms with Crippen LogP contribution in [-0.4, -0.2) is 24.2 Å². The number of hydrogen-bond donors (Lipinski definition) is 1. The number of carbonyl (C=O) groups excluding carboxylic acids is 1. The average Bonchev–Trinajstić information content (AvgIpc) is 2.58. The molecule has 0 aliphatic carbocycles. The lowest BCUT2D eigenvalue weighted by molar-refractivity contribution is -0.140. The Kier molecular flexibility index (Phi) is 4.19. The van der Waals surface area contributed by atoms with Gasteiger partial charge in [-0.3, -0.25) is 4.79 Å². The zero-order valence-electron chi connectivity index (χ0n) is 8.62. The molecule has 0 bridgehead atoms. The normalized spacial score (nSPS) is 10.1. The predicted octanol–water partition coefficient (Wildman–Crippen LogP) is 0.678.